The Morgan fingerprint density at radius 3 is 2.00 bits per heavy atom. The van der Waals surface area contributed by atoms with Crippen molar-refractivity contribution in [1.82, 2.24) is 10.6 Å². The number of amides is 3. The van der Waals surface area contributed by atoms with Crippen LogP contribution >= 0.6 is 12.6 Å². The Morgan fingerprint density at radius 1 is 1.15 bits per heavy atom. The zero-order valence-corrected chi connectivity index (χ0v) is 11.7. The smallest absolute Gasteiger partial charge is 0.327 e. The van der Waals surface area contributed by atoms with Gasteiger partial charge in [-0.25, -0.2) is 4.79 Å². The van der Waals surface area contributed by atoms with Gasteiger partial charge in [0, 0.05) is 5.75 Å². The highest BCUT2D eigenvalue weighted by Crippen LogP contribution is 1.96. The molecule has 0 bridgehead atoms. The van der Waals surface area contributed by atoms with E-state index in [0.29, 0.717) is 0 Å². The molecule has 10 heteroatoms. The number of carboxylic acids is 1. The van der Waals surface area contributed by atoms with Crippen molar-refractivity contribution < 1.29 is 24.3 Å². The maximum Gasteiger partial charge on any atom is 0.327 e. The SMILES string of the molecule is CC(N)C(=O)NC(CC(N)=O)C(=O)NC(CS)C(=O)O. The van der Waals surface area contributed by atoms with Crippen LogP contribution in [0.1, 0.15) is 13.3 Å². The molecular formula is C10H18N4O5S. The minimum atomic E-state index is -1.29. The lowest BCUT2D eigenvalue weighted by molar-refractivity contribution is -0.141. The zero-order valence-electron chi connectivity index (χ0n) is 10.8. The lowest BCUT2D eigenvalue weighted by Crippen LogP contribution is -2.55. The topological polar surface area (TPSA) is 165 Å². The number of nitrogens with two attached hydrogens (primary N) is 2. The van der Waals surface area contributed by atoms with Gasteiger partial charge in [0.15, 0.2) is 0 Å². The molecule has 0 aromatic carbocycles. The molecule has 0 aliphatic rings. The third-order valence-electron chi connectivity index (χ3n) is 2.25. The second-order valence-electron chi connectivity index (χ2n) is 4.10. The highest BCUT2D eigenvalue weighted by molar-refractivity contribution is 7.80. The molecule has 3 unspecified atom stereocenters. The van der Waals surface area contributed by atoms with Crippen LogP contribution in [0.5, 0.6) is 0 Å². The lowest BCUT2D eigenvalue weighted by atomic mass is 10.1. The Bertz CT molecular complexity index is 401. The van der Waals surface area contributed by atoms with Gasteiger partial charge in [-0.3, -0.25) is 14.4 Å². The van der Waals surface area contributed by atoms with Gasteiger partial charge < -0.3 is 27.2 Å². The van der Waals surface area contributed by atoms with Crippen LogP contribution < -0.4 is 22.1 Å². The van der Waals surface area contributed by atoms with Gasteiger partial charge in [0.1, 0.15) is 12.1 Å². The van der Waals surface area contributed by atoms with Crippen molar-refractivity contribution in [2.24, 2.45) is 11.5 Å². The molecule has 3 amide bonds. The van der Waals surface area contributed by atoms with Crippen LogP contribution in [0.3, 0.4) is 0 Å². The highest BCUT2D eigenvalue weighted by atomic mass is 32.1. The number of thiol groups is 1. The van der Waals surface area contributed by atoms with E-state index in [-0.39, 0.29) is 5.75 Å². The van der Waals surface area contributed by atoms with E-state index in [1.165, 1.54) is 6.92 Å². The van der Waals surface area contributed by atoms with E-state index >= 15 is 0 Å². The molecule has 0 saturated carbocycles. The molecule has 0 rings (SSSR count). The first-order valence-electron chi connectivity index (χ1n) is 5.67. The van der Waals surface area contributed by atoms with Crippen LogP contribution in [-0.4, -0.2) is 52.7 Å². The average molecular weight is 306 g/mol. The van der Waals surface area contributed by atoms with Crippen molar-refractivity contribution in [2.45, 2.75) is 31.5 Å². The molecule has 9 nitrogen and oxygen atoms in total. The van der Waals surface area contributed by atoms with Gasteiger partial charge in [-0.1, -0.05) is 0 Å². The number of nitrogens with one attached hydrogen (secondary N) is 2. The first kappa shape index (κ1) is 18.2. The van der Waals surface area contributed by atoms with E-state index in [0.717, 1.165) is 0 Å². The molecule has 7 N–H and O–H groups in total. The summed E-state index contributed by atoms with van der Waals surface area (Å²) in [5.41, 5.74) is 10.3. The van der Waals surface area contributed by atoms with E-state index in [4.69, 9.17) is 16.6 Å². The maximum atomic E-state index is 11.8. The first-order chi connectivity index (χ1) is 9.18. The summed E-state index contributed by atoms with van der Waals surface area (Å²) < 4.78 is 0. The first-order valence-corrected chi connectivity index (χ1v) is 6.30. The lowest BCUT2D eigenvalue weighted by Gasteiger charge is -2.20. The van der Waals surface area contributed by atoms with Crippen LogP contribution in [-0.2, 0) is 19.2 Å². The molecule has 0 radical (unpaired) electrons. The Labute approximate surface area is 120 Å². The summed E-state index contributed by atoms with van der Waals surface area (Å²) in [6.07, 6.45) is -0.469. The third kappa shape index (κ3) is 6.38. The predicted molar refractivity (Wildman–Crippen MR) is 72.8 cm³/mol. The predicted octanol–water partition coefficient (Wildman–Crippen LogP) is -2.81. The molecule has 0 fully saturated rings. The van der Waals surface area contributed by atoms with Crippen LogP contribution in [0, 0.1) is 0 Å². The summed E-state index contributed by atoms with van der Waals surface area (Å²) in [4.78, 5) is 44.9. The number of aliphatic carboxylic acids is 1. The summed E-state index contributed by atoms with van der Waals surface area (Å²) in [5.74, 6) is -3.77. The Kier molecular flexibility index (Phi) is 7.62. The van der Waals surface area contributed by atoms with Crippen molar-refractivity contribution in [1.29, 1.82) is 0 Å². The fourth-order valence-electron chi connectivity index (χ4n) is 1.17. The zero-order chi connectivity index (χ0) is 15.9. The van der Waals surface area contributed by atoms with Crippen LogP contribution in [0.4, 0.5) is 0 Å². The number of carboxylic acid groups (broad SMARTS) is 1. The van der Waals surface area contributed by atoms with E-state index in [2.05, 4.69) is 23.3 Å². The Morgan fingerprint density at radius 2 is 1.65 bits per heavy atom. The molecule has 20 heavy (non-hydrogen) atoms. The molecule has 0 aromatic rings. The summed E-state index contributed by atoms with van der Waals surface area (Å²) in [6, 6.07) is -3.42. The number of rotatable bonds is 8. The third-order valence-corrected chi connectivity index (χ3v) is 2.61. The van der Waals surface area contributed by atoms with Crippen LogP contribution in [0.25, 0.3) is 0 Å². The van der Waals surface area contributed by atoms with Crippen LogP contribution in [0.15, 0.2) is 0 Å². The van der Waals surface area contributed by atoms with Crippen molar-refractivity contribution in [3.8, 4) is 0 Å². The normalized spacial score (nSPS) is 14.8. The fraction of sp³-hybridized carbons (Fsp3) is 0.600. The molecule has 0 heterocycles. The van der Waals surface area contributed by atoms with Gasteiger partial charge in [0.05, 0.1) is 12.5 Å². The van der Waals surface area contributed by atoms with Crippen molar-refractivity contribution in [3.05, 3.63) is 0 Å². The second-order valence-corrected chi connectivity index (χ2v) is 4.47. The van der Waals surface area contributed by atoms with E-state index in [9.17, 15) is 19.2 Å². The molecule has 0 saturated heterocycles. The summed E-state index contributed by atoms with van der Waals surface area (Å²) >= 11 is 3.78. The number of carbonyl (C=O) groups excluding carboxylic acids is 3. The van der Waals surface area contributed by atoms with Crippen molar-refractivity contribution >= 4 is 36.3 Å². The van der Waals surface area contributed by atoms with Gasteiger partial charge >= 0.3 is 5.97 Å². The quantitative estimate of drug-likeness (QED) is 0.265. The molecule has 0 aliphatic carbocycles. The van der Waals surface area contributed by atoms with E-state index in [1.807, 2.05) is 0 Å². The largest absolute Gasteiger partial charge is 0.480 e. The summed E-state index contributed by atoms with van der Waals surface area (Å²) in [7, 11) is 0. The number of hydrogen-bond donors (Lipinski definition) is 6. The number of primary amides is 1. The van der Waals surface area contributed by atoms with E-state index in [1.54, 1.807) is 0 Å². The van der Waals surface area contributed by atoms with Gasteiger partial charge in [-0.2, -0.15) is 12.6 Å². The molecule has 0 spiro atoms. The molecule has 0 aliphatic heterocycles. The monoisotopic (exact) mass is 306 g/mol. The molecular weight excluding hydrogens is 288 g/mol. The van der Waals surface area contributed by atoms with Gasteiger partial charge in [0.2, 0.25) is 17.7 Å². The molecule has 114 valence electrons. The van der Waals surface area contributed by atoms with Gasteiger partial charge in [-0.15, -0.1) is 0 Å². The Balaban J connectivity index is 4.84. The fourth-order valence-corrected chi connectivity index (χ4v) is 1.42. The molecule has 3 atom stereocenters. The number of hydrogen-bond acceptors (Lipinski definition) is 6. The van der Waals surface area contributed by atoms with Crippen LogP contribution in [0.2, 0.25) is 0 Å². The minimum Gasteiger partial charge on any atom is -0.480 e. The summed E-state index contributed by atoms with van der Waals surface area (Å²) in [5, 5.41) is 13.2. The standard InChI is InChI=1S/C10H18N4O5S/c1-4(11)8(16)13-5(2-7(12)15)9(17)14-6(3-20)10(18)19/h4-6,20H,2-3,11H2,1H3,(H2,12,15)(H,13,16)(H,14,17)(H,18,19). The second kappa shape index (κ2) is 8.38. The highest BCUT2D eigenvalue weighted by Gasteiger charge is 2.27. The maximum absolute atomic E-state index is 11.8. The minimum absolute atomic E-state index is 0.147. The Hall–Kier alpha value is -1.81. The average Bonchev–Trinajstić information content (AvgIpc) is 2.33. The van der Waals surface area contributed by atoms with Gasteiger partial charge in [0.25, 0.3) is 0 Å². The van der Waals surface area contributed by atoms with Gasteiger partial charge in [-0.05, 0) is 6.92 Å². The van der Waals surface area contributed by atoms with E-state index < -0.39 is 48.2 Å². The summed E-state index contributed by atoms with van der Waals surface area (Å²) in [6.45, 7) is 1.39. The number of carbonyl (C=O) groups is 4. The molecule has 0 aromatic heterocycles. The van der Waals surface area contributed by atoms with Crippen molar-refractivity contribution in [2.75, 3.05) is 5.75 Å². The van der Waals surface area contributed by atoms with Crippen molar-refractivity contribution in [3.63, 3.8) is 0 Å².